The van der Waals surface area contributed by atoms with Gasteiger partial charge in [0, 0.05) is 44.0 Å². The van der Waals surface area contributed by atoms with Crippen LogP contribution < -0.4 is 5.73 Å². The molecular formula is C18H21FN4O2. The Labute approximate surface area is 145 Å². The third kappa shape index (κ3) is 3.56. The highest BCUT2D eigenvalue weighted by Gasteiger charge is 2.27. The fraction of sp³-hybridized carbons (Fsp3) is 0.333. The molecule has 0 saturated carbocycles. The third-order valence-electron chi connectivity index (χ3n) is 4.70. The van der Waals surface area contributed by atoms with Gasteiger partial charge in [-0.1, -0.05) is 18.2 Å². The summed E-state index contributed by atoms with van der Waals surface area (Å²) in [4.78, 5) is 30.3. The molecule has 2 amide bonds. The topological polar surface area (TPSA) is 82.4 Å². The lowest BCUT2D eigenvalue weighted by Gasteiger charge is -2.38. The van der Waals surface area contributed by atoms with E-state index in [9.17, 15) is 14.0 Å². The summed E-state index contributed by atoms with van der Waals surface area (Å²) in [6.45, 7) is 4.38. The minimum atomic E-state index is -0.571. The molecule has 3 N–H and O–H groups in total. The van der Waals surface area contributed by atoms with Gasteiger partial charge in [-0.2, -0.15) is 0 Å². The molecule has 1 aromatic heterocycles. The molecule has 1 fully saturated rings. The fourth-order valence-corrected chi connectivity index (χ4v) is 3.15. The zero-order valence-corrected chi connectivity index (χ0v) is 14.0. The number of hydrogen-bond donors (Lipinski definition) is 2. The van der Waals surface area contributed by atoms with Crippen LogP contribution in [0.4, 0.5) is 4.39 Å². The number of rotatable bonds is 4. The van der Waals surface area contributed by atoms with Crippen molar-refractivity contribution in [3.63, 3.8) is 0 Å². The number of aromatic nitrogens is 1. The number of nitrogens with zero attached hydrogens (tertiary/aromatic N) is 2. The number of nitrogens with two attached hydrogens (primary N) is 1. The van der Waals surface area contributed by atoms with Crippen LogP contribution in [0, 0.1) is 5.82 Å². The number of halogens is 1. The average Bonchev–Trinajstić information content (AvgIpc) is 3.11. The molecule has 1 aliphatic heterocycles. The lowest BCUT2D eigenvalue weighted by atomic mass is 10.1. The van der Waals surface area contributed by atoms with Crippen LogP contribution in [-0.4, -0.2) is 52.8 Å². The van der Waals surface area contributed by atoms with Crippen LogP contribution in [0.3, 0.4) is 0 Å². The van der Waals surface area contributed by atoms with Gasteiger partial charge in [-0.05, 0) is 19.1 Å². The normalized spacial score (nSPS) is 16.6. The molecule has 1 aliphatic rings. The number of amides is 2. The summed E-state index contributed by atoms with van der Waals surface area (Å²) >= 11 is 0. The monoisotopic (exact) mass is 344 g/mol. The number of aromatic amines is 1. The van der Waals surface area contributed by atoms with Gasteiger partial charge in [-0.25, -0.2) is 4.39 Å². The van der Waals surface area contributed by atoms with Crippen molar-refractivity contribution in [3.05, 3.63) is 59.2 Å². The Morgan fingerprint density at radius 1 is 1.20 bits per heavy atom. The molecule has 7 heteroatoms. The smallest absolute Gasteiger partial charge is 0.270 e. The number of benzene rings is 1. The first-order valence-electron chi connectivity index (χ1n) is 8.23. The summed E-state index contributed by atoms with van der Waals surface area (Å²) in [5, 5.41) is 0. The van der Waals surface area contributed by atoms with Gasteiger partial charge in [-0.15, -0.1) is 0 Å². The highest BCUT2D eigenvalue weighted by molar-refractivity contribution is 5.98. The Hall–Kier alpha value is -2.67. The van der Waals surface area contributed by atoms with Crippen molar-refractivity contribution < 1.29 is 14.0 Å². The maximum atomic E-state index is 14.0. The summed E-state index contributed by atoms with van der Waals surface area (Å²) in [7, 11) is 0. The Kier molecular flexibility index (Phi) is 4.85. The van der Waals surface area contributed by atoms with Crippen molar-refractivity contribution in [2.24, 2.45) is 5.73 Å². The third-order valence-corrected chi connectivity index (χ3v) is 4.70. The first kappa shape index (κ1) is 17.2. The fourth-order valence-electron chi connectivity index (χ4n) is 3.15. The predicted molar refractivity (Wildman–Crippen MR) is 91.6 cm³/mol. The number of carbonyl (C=O) groups is 2. The van der Waals surface area contributed by atoms with Gasteiger partial charge in [0.2, 0.25) is 5.91 Å². The van der Waals surface area contributed by atoms with Crippen molar-refractivity contribution in [2.75, 3.05) is 26.2 Å². The van der Waals surface area contributed by atoms with E-state index in [0.29, 0.717) is 37.4 Å². The maximum Gasteiger partial charge on any atom is 0.270 e. The van der Waals surface area contributed by atoms with E-state index < -0.39 is 5.91 Å². The van der Waals surface area contributed by atoms with Crippen LogP contribution in [0.1, 0.15) is 39.4 Å². The van der Waals surface area contributed by atoms with Crippen LogP contribution in [0.5, 0.6) is 0 Å². The molecule has 25 heavy (non-hydrogen) atoms. The summed E-state index contributed by atoms with van der Waals surface area (Å²) in [6.07, 6.45) is 1.44. The number of H-pyrrole nitrogens is 1. The van der Waals surface area contributed by atoms with Crippen LogP contribution >= 0.6 is 0 Å². The van der Waals surface area contributed by atoms with E-state index in [1.807, 2.05) is 13.0 Å². The molecule has 132 valence electrons. The van der Waals surface area contributed by atoms with Gasteiger partial charge in [-0.3, -0.25) is 14.5 Å². The van der Waals surface area contributed by atoms with Gasteiger partial charge in [0.05, 0.1) is 5.56 Å². The van der Waals surface area contributed by atoms with E-state index in [0.717, 1.165) is 0 Å². The standard InChI is InChI=1S/C18H21FN4O2/c1-12(14-4-2-3-5-15(14)19)22-6-8-23(9-7-22)18(25)16-10-13(11-21-16)17(20)24/h2-5,10-12,21H,6-9H2,1H3,(H2,20,24)/t12-/m0/s1. The van der Waals surface area contributed by atoms with Crippen molar-refractivity contribution in [2.45, 2.75) is 13.0 Å². The second-order valence-corrected chi connectivity index (χ2v) is 6.19. The SMILES string of the molecule is C[C@@H](c1ccccc1F)N1CCN(C(=O)c2cc(C(N)=O)c[nH]2)CC1. The van der Waals surface area contributed by atoms with Crippen molar-refractivity contribution in [1.29, 1.82) is 0 Å². The Morgan fingerprint density at radius 3 is 2.48 bits per heavy atom. The lowest BCUT2D eigenvalue weighted by Crippen LogP contribution is -2.49. The van der Waals surface area contributed by atoms with Gasteiger partial charge in [0.15, 0.2) is 0 Å². The second kappa shape index (κ2) is 7.06. The molecule has 0 unspecified atom stereocenters. The minimum Gasteiger partial charge on any atom is -0.366 e. The van der Waals surface area contributed by atoms with Gasteiger partial charge >= 0.3 is 0 Å². The second-order valence-electron chi connectivity index (χ2n) is 6.19. The zero-order valence-electron chi connectivity index (χ0n) is 14.0. The van der Waals surface area contributed by atoms with Crippen LogP contribution in [0.25, 0.3) is 0 Å². The Balaban J connectivity index is 1.62. The molecule has 3 rings (SSSR count). The summed E-state index contributed by atoms with van der Waals surface area (Å²) < 4.78 is 14.0. The number of carbonyl (C=O) groups excluding carboxylic acids is 2. The van der Waals surface area contributed by atoms with E-state index in [4.69, 9.17) is 5.73 Å². The average molecular weight is 344 g/mol. The van der Waals surface area contributed by atoms with E-state index in [-0.39, 0.29) is 23.3 Å². The van der Waals surface area contributed by atoms with Gasteiger partial charge in [0.1, 0.15) is 11.5 Å². The minimum absolute atomic E-state index is 0.0506. The first-order valence-corrected chi connectivity index (χ1v) is 8.23. The van der Waals surface area contributed by atoms with Crippen molar-refractivity contribution in [1.82, 2.24) is 14.8 Å². The van der Waals surface area contributed by atoms with E-state index in [1.54, 1.807) is 17.0 Å². The van der Waals surface area contributed by atoms with E-state index >= 15 is 0 Å². The van der Waals surface area contributed by atoms with Crippen LogP contribution in [0.15, 0.2) is 36.5 Å². The van der Waals surface area contributed by atoms with Gasteiger partial charge in [0.25, 0.3) is 5.91 Å². The van der Waals surface area contributed by atoms with Crippen LogP contribution in [0.2, 0.25) is 0 Å². The highest BCUT2D eigenvalue weighted by Crippen LogP contribution is 2.24. The molecule has 0 bridgehead atoms. The van der Waals surface area contributed by atoms with Crippen molar-refractivity contribution in [3.8, 4) is 0 Å². The summed E-state index contributed by atoms with van der Waals surface area (Å²) in [5.41, 5.74) is 6.51. The molecule has 0 spiro atoms. The quantitative estimate of drug-likeness (QED) is 0.887. The number of nitrogens with one attached hydrogen (secondary N) is 1. The molecule has 2 heterocycles. The Morgan fingerprint density at radius 2 is 1.88 bits per heavy atom. The van der Waals surface area contributed by atoms with Crippen molar-refractivity contribution >= 4 is 11.8 Å². The predicted octanol–water partition coefficient (Wildman–Crippen LogP) is 1.77. The molecular weight excluding hydrogens is 323 g/mol. The zero-order chi connectivity index (χ0) is 18.0. The first-order chi connectivity index (χ1) is 12.0. The Bertz CT molecular complexity index is 781. The molecule has 1 atom stereocenters. The molecule has 1 aromatic carbocycles. The summed E-state index contributed by atoms with van der Waals surface area (Å²) in [5.74, 6) is -0.941. The lowest BCUT2D eigenvalue weighted by molar-refractivity contribution is 0.0574. The molecule has 0 radical (unpaired) electrons. The molecule has 2 aromatic rings. The molecule has 0 aliphatic carbocycles. The largest absolute Gasteiger partial charge is 0.366 e. The maximum absolute atomic E-state index is 14.0. The number of piperazine rings is 1. The molecule has 6 nitrogen and oxygen atoms in total. The number of hydrogen-bond acceptors (Lipinski definition) is 3. The number of primary amides is 1. The summed E-state index contributed by atoms with van der Waals surface area (Å²) in [6, 6.07) is 8.19. The van der Waals surface area contributed by atoms with E-state index in [1.165, 1.54) is 18.3 Å². The van der Waals surface area contributed by atoms with Crippen LogP contribution in [-0.2, 0) is 0 Å². The van der Waals surface area contributed by atoms with E-state index in [2.05, 4.69) is 9.88 Å². The highest BCUT2D eigenvalue weighted by atomic mass is 19.1. The van der Waals surface area contributed by atoms with Gasteiger partial charge < -0.3 is 15.6 Å². The molecule has 1 saturated heterocycles.